The van der Waals surface area contributed by atoms with E-state index in [1.807, 2.05) is 17.6 Å². The number of aromatic nitrogens is 3. The fourth-order valence-corrected chi connectivity index (χ4v) is 3.34. The maximum Gasteiger partial charge on any atom is 0.573 e. The summed E-state index contributed by atoms with van der Waals surface area (Å²) in [4.78, 5) is 0. The van der Waals surface area contributed by atoms with Gasteiger partial charge in [0, 0.05) is 12.3 Å². The fourth-order valence-electron chi connectivity index (χ4n) is 2.44. The molecule has 0 aliphatic rings. The number of rotatable bonds is 7. The quantitative estimate of drug-likeness (QED) is 0.405. The van der Waals surface area contributed by atoms with Gasteiger partial charge in [0.1, 0.15) is 11.5 Å². The molecule has 0 radical (unpaired) electrons. The molecule has 1 aromatic carbocycles. The predicted molar refractivity (Wildman–Crippen MR) is 95.3 cm³/mol. The molecule has 9 heteroatoms. The lowest BCUT2D eigenvalue weighted by molar-refractivity contribution is -0.274. The van der Waals surface area contributed by atoms with Gasteiger partial charge in [0.2, 0.25) is 0 Å². The van der Waals surface area contributed by atoms with Gasteiger partial charge in [-0.1, -0.05) is 30.0 Å². The largest absolute Gasteiger partial charge is 0.573 e. The summed E-state index contributed by atoms with van der Waals surface area (Å²) in [5, 5.41) is 9.15. The van der Waals surface area contributed by atoms with Crippen molar-refractivity contribution in [1.82, 2.24) is 14.8 Å². The summed E-state index contributed by atoms with van der Waals surface area (Å²) in [7, 11) is 0. The lowest BCUT2D eigenvalue weighted by Gasteiger charge is -2.09. The van der Waals surface area contributed by atoms with Gasteiger partial charge in [0.05, 0.1) is 11.8 Å². The van der Waals surface area contributed by atoms with Gasteiger partial charge in [0.25, 0.3) is 0 Å². The van der Waals surface area contributed by atoms with Crippen molar-refractivity contribution < 1.29 is 22.3 Å². The Morgan fingerprint density at radius 2 is 1.96 bits per heavy atom. The van der Waals surface area contributed by atoms with Crippen molar-refractivity contribution in [1.29, 1.82) is 0 Å². The number of alkyl halides is 3. The van der Waals surface area contributed by atoms with Crippen LogP contribution in [0.3, 0.4) is 0 Å². The molecule has 0 aliphatic heterocycles. The molecule has 0 unspecified atom stereocenters. The Hall–Kier alpha value is -2.68. The first-order chi connectivity index (χ1) is 12.9. The lowest BCUT2D eigenvalue weighted by atomic mass is 10.2. The third kappa shape index (κ3) is 4.73. The molecule has 2 aromatic heterocycles. The van der Waals surface area contributed by atoms with E-state index >= 15 is 0 Å². The zero-order valence-corrected chi connectivity index (χ0v) is 15.2. The Kier molecular flexibility index (Phi) is 5.59. The summed E-state index contributed by atoms with van der Waals surface area (Å²) in [6.45, 7) is 6.13. The predicted octanol–water partition coefficient (Wildman–Crippen LogP) is 5.22. The molecular weight excluding hydrogens is 379 g/mol. The van der Waals surface area contributed by atoms with Crippen LogP contribution < -0.4 is 4.74 Å². The maximum atomic E-state index is 12.2. The number of nitrogens with zero attached hydrogens (tertiary/aromatic N) is 3. The number of aryl methyl sites for hydroxylation is 1. The second-order valence-electron chi connectivity index (χ2n) is 5.58. The molecule has 3 aromatic rings. The Labute approximate surface area is 157 Å². The molecule has 0 spiro atoms. The maximum absolute atomic E-state index is 12.2. The number of benzene rings is 1. The summed E-state index contributed by atoms with van der Waals surface area (Å²) in [5.41, 5.74) is 1.69. The van der Waals surface area contributed by atoms with Gasteiger partial charge in [0.15, 0.2) is 11.0 Å². The van der Waals surface area contributed by atoms with Crippen LogP contribution in [-0.4, -0.2) is 21.1 Å². The standard InChI is InChI=1S/C18H16F3N3O2S/c1-3-9-24-16(15-8-10-25-12(15)2)22-23-17(24)27-11-13-4-6-14(7-5-13)26-18(19,20)21/h3-8,10H,1,9,11H2,2H3. The van der Waals surface area contributed by atoms with Crippen LogP contribution in [0.4, 0.5) is 13.2 Å². The molecule has 0 atom stereocenters. The van der Waals surface area contributed by atoms with Crippen LogP contribution in [0.2, 0.25) is 0 Å². The van der Waals surface area contributed by atoms with Gasteiger partial charge >= 0.3 is 6.36 Å². The first kappa shape index (κ1) is 19.1. The summed E-state index contributed by atoms with van der Waals surface area (Å²) < 4.78 is 47.8. The molecule has 0 saturated heterocycles. The van der Waals surface area contributed by atoms with E-state index < -0.39 is 6.36 Å². The number of thioether (sulfide) groups is 1. The minimum atomic E-state index is -4.70. The second kappa shape index (κ2) is 7.91. The van der Waals surface area contributed by atoms with Gasteiger partial charge in [-0.3, -0.25) is 4.57 Å². The molecule has 5 nitrogen and oxygen atoms in total. The molecule has 0 fully saturated rings. The molecule has 3 rings (SSSR count). The first-order valence-electron chi connectivity index (χ1n) is 7.93. The van der Waals surface area contributed by atoms with Crippen LogP contribution in [0.15, 0.2) is 58.8 Å². The average molecular weight is 395 g/mol. The smallest absolute Gasteiger partial charge is 0.469 e. The second-order valence-corrected chi connectivity index (χ2v) is 6.52. The SMILES string of the molecule is C=CCn1c(SCc2ccc(OC(F)(F)F)cc2)nnc1-c1ccoc1C. The third-order valence-corrected chi connectivity index (χ3v) is 4.69. The normalized spacial score (nSPS) is 11.6. The van der Waals surface area contributed by atoms with E-state index in [1.54, 1.807) is 24.5 Å². The van der Waals surface area contributed by atoms with Crippen molar-refractivity contribution in [3.63, 3.8) is 0 Å². The number of allylic oxidation sites excluding steroid dienone is 1. The van der Waals surface area contributed by atoms with Crippen molar-refractivity contribution in [2.75, 3.05) is 0 Å². The molecule has 0 bridgehead atoms. The van der Waals surface area contributed by atoms with E-state index in [4.69, 9.17) is 4.42 Å². The Morgan fingerprint density at radius 3 is 2.56 bits per heavy atom. The molecule has 27 heavy (non-hydrogen) atoms. The van der Waals surface area contributed by atoms with Crippen LogP contribution in [0, 0.1) is 6.92 Å². The molecule has 0 N–H and O–H groups in total. The highest BCUT2D eigenvalue weighted by Gasteiger charge is 2.30. The van der Waals surface area contributed by atoms with Crippen LogP contribution in [0.1, 0.15) is 11.3 Å². The average Bonchev–Trinajstić information content (AvgIpc) is 3.19. The minimum absolute atomic E-state index is 0.246. The zero-order valence-electron chi connectivity index (χ0n) is 14.4. The van der Waals surface area contributed by atoms with Crippen molar-refractivity contribution in [2.45, 2.75) is 30.7 Å². The highest BCUT2D eigenvalue weighted by Crippen LogP contribution is 2.29. The van der Waals surface area contributed by atoms with Crippen molar-refractivity contribution in [3.8, 4) is 17.1 Å². The first-order valence-corrected chi connectivity index (χ1v) is 8.92. The number of hydrogen-bond donors (Lipinski definition) is 0. The summed E-state index contributed by atoms with van der Waals surface area (Å²) >= 11 is 1.43. The summed E-state index contributed by atoms with van der Waals surface area (Å²) in [6, 6.07) is 7.58. The van der Waals surface area contributed by atoms with E-state index in [-0.39, 0.29) is 5.75 Å². The van der Waals surface area contributed by atoms with Crippen LogP contribution in [0.5, 0.6) is 5.75 Å². The number of halogens is 3. The van der Waals surface area contributed by atoms with Crippen LogP contribution in [-0.2, 0) is 12.3 Å². The number of ether oxygens (including phenoxy) is 1. The molecule has 2 heterocycles. The Morgan fingerprint density at radius 1 is 1.22 bits per heavy atom. The van der Waals surface area contributed by atoms with Gasteiger partial charge < -0.3 is 9.15 Å². The Balaban J connectivity index is 1.73. The van der Waals surface area contributed by atoms with Gasteiger partial charge in [-0.05, 0) is 30.7 Å². The third-order valence-electron chi connectivity index (χ3n) is 3.65. The molecule has 142 valence electrons. The van der Waals surface area contributed by atoms with E-state index in [2.05, 4.69) is 21.5 Å². The zero-order chi connectivity index (χ0) is 19.4. The van der Waals surface area contributed by atoms with Crippen molar-refractivity contribution >= 4 is 11.8 Å². The van der Waals surface area contributed by atoms with Crippen molar-refractivity contribution in [3.05, 3.63) is 60.6 Å². The summed E-state index contributed by atoms with van der Waals surface area (Å²) in [6.07, 6.45) is -1.36. The lowest BCUT2D eigenvalue weighted by Crippen LogP contribution is -2.16. The topological polar surface area (TPSA) is 53.1 Å². The van der Waals surface area contributed by atoms with Crippen molar-refractivity contribution in [2.24, 2.45) is 0 Å². The number of furan rings is 1. The van der Waals surface area contributed by atoms with Gasteiger partial charge in [-0.25, -0.2) is 0 Å². The van der Waals surface area contributed by atoms with Crippen LogP contribution >= 0.6 is 11.8 Å². The molecular formula is C18H16F3N3O2S. The van der Waals surface area contributed by atoms with E-state index in [9.17, 15) is 13.2 Å². The highest BCUT2D eigenvalue weighted by molar-refractivity contribution is 7.98. The number of hydrogen-bond acceptors (Lipinski definition) is 5. The minimum Gasteiger partial charge on any atom is -0.469 e. The monoisotopic (exact) mass is 395 g/mol. The Bertz CT molecular complexity index is 917. The molecule has 0 aliphatic carbocycles. The van der Waals surface area contributed by atoms with Crippen LogP contribution in [0.25, 0.3) is 11.4 Å². The van der Waals surface area contributed by atoms with E-state index in [0.29, 0.717) is 23.3 Å². The fraction of sp³-hybridized carbons (Fsp3) is 0.222. The van der Waals surface area contributed by atoms with Gasteiger partial charge in [-0.2, -0.15) is 0 Å². The summed E-state index contributed by atoms with van der Waals surface area (Å²) in [5.74, 6) is 1.69. The van der Waals surface area contributed by atoms with E-state index in [0.717, 1.165) is 16.9 Å². The molecule has 0 amide bonds. The van der Waals surface area contributed by atoms with E-state index in [1.165, 1.54) is 23.9 Å². The highest BCUT2D eigenvalue weighted by atomic mass is 32.2. The van der Waals surface area contributed by atoms with Gasteiger partial charge in [-0.15, -0.1) is 29.9 Å². The molecule has 0 saturated carbocycles.